The Labute approximate surface area is 165 Å². The molecule has 3 rings (SSSR count). The van der Waals surface area contributed by atoms with Crippen molar-refractivity contribution in [3.63, 3.8) is 0 Å². The summed E-state index contributed by atoms with van der Waals surface area (Å²) in [6, 6.07) is 14.5. The number of aromatic nitrogens is 4. The van der Waals surface area contributed by atoms with E-state index in [-0.39, 0.29) is 0 Å². The van der Waals surface area contributed by atoms with Gasteiger partial charge in [0.15, 0.2) is 5.16 Å². The lowest BCUT2D eigenvalue weighted by Crippen LogP contribution is -2.22. The summed E-state index contributed by atoms with van der Waals surface area (Å²) in [6.07, 6.45) is 5.86. The molecule has 2 aromatic heterocycles. The molecule has 5 nitrogen and oxygen atoms in total. The zero-order valence-corrected chi connectivity index (χ0v) is 16.9. The van der Waals surface area contributed by atoms with Crippen LogP contribution in [0.2, 0.25) is 0 Å². The van der Waals surface area contributed by atoms with Gasteiger partial charge in [0.25, 0.3) is 0 Å². The fraction of sp³-hybridized carbons (Fsp3) is 0.286. The van der Waals surface area contributed by atoms with Crippen molar-refractivity contribution in [1.82, 2.24) is 24.6 Å². The molecule has 140 valence electrons. The molecule has 0 unspecified atom stereocenters. The van der Waals surface area contributed by atoms with Crippen LogP contribution in [-0.4, -0.2) is 38.2 Å². The Kier molecular flexibility index (Phi) is 6.79. The molecular weight excluding hydrogens is 354 g/mol. The lowest BCUT2D eigenvalue weighted by molar-refractivity contribution is 0.340. The van der Waals surface area contributed by atoms with Crippen LogP contribution in [-0.2, 0) is 19.3 Å². The van der Waals surface area contributed by atoms with Crippen molar-refractivity contribution in [2.45, 2.75) is 24.4 Å². The molecule has 0 aliphatic heterocycles. The van der Waals surface area contributed by atoms with Crippen molar-refractivity contribution < 1.29 is 0 Å². The van der Waals surface area contributed by atoms with E-state index < -0.39 is 0 Å². The zero-order valence-electron chi connectivity index (χ0n) is 16.0. The molecule has 6 heteroatoms. The van der Waals surface area contributed by atoms with E-state index >= 15 is 0 Å². The molecule has 0 N–H and O–H groups in total. The summed E-state index contributed by atoms with van der Waals surface area (Å²) in [7, 11) is 4.14. The Hall–Kier alpha value is -2.44. The molecule has 0 radical (unpaired) electrons. The van der Waals surface area contributed by atoms with Crippen molar-refractivity contribution >= 4 is 17.8 Å². The Morgan fingerprint density at radius 3 is 2.59 bits per heavy atom. The number of benzene rings is 1. The second kappa shape index (κ2) is 9.48. The number of thioether (sulfide) groups is 1. The van der Waals surface area contributed by atoms with Crippen molar-refractivity contribution in [2.24, 2.45) is 7.05 Å². The molecule has 0 bridgehead atoms. The van der Waals surface area contributed by atoms with Gasteiger partial charge >= 0.3 is 0 Å². The van der Waals surface area contributed by atoms with Gasteiger partial charge in [0, 0.05) is 31.7 Å². The SMILES string of the molecule is C/C(=C\c1ccccc1)CN(C)Cc1nnc(SCc2ccncc2)n1C. The molecule has 0 amide bonds. The molecule has 0 aliphatic carbocycles. The number of likely N-dealkylation sites (N-methyl/N-ethyl adjacent to an activating group) is 1. The second-order valence-corrected chi connectivity index (χ2v) is 7.62. The minimum absolute atomic E-state index is 0.763. The van der Waals surface area contributed by atoms with E-state index in [9.17, 15) is 0 Å². The van der Waals surface area contributed by atoms with Crippen molar-refractivity contribution in [1.29, 1.82) is 0 Å². The van der Waals surface area contributed by atoms with Gasteiger partial charge < -0.3 is 4.57 Å². The van der Waals surface area contributed by atoms with E-state index in [1.54, 1.807) is 11.8 Å². The molecule has 0 spiro atoms. The first-order valence-corrected chi connectivity index (χ1v) is 9.91. The molecule has 1 aromatic carbocycles. The molecule has 0 saturated heterocycles. The van der Waals surface area contributed by atoms with Gasteiger partial charge in [0.1, 0.15) is 5.82 Å². The van der Waals surface area contributed by atoms with Crippen LogP contribution in [0.1, 0.15) is 23.9 Å². The molecule has 0 aliphatic rings. The standard InChI is InChI=1S/C21H25N5S/c1-17(13-18-7-5-4-6-8-18)14-25(2)15-20-23-24-21(26(20)3)27-16-19-9-11-22-12-10-19/h4-13H,14-16H2,1-3H3/b17-13+. The van der Waals surface area contributed by atoms with Crippen LogP contribution in [0.3, 0.4) is 0 Å². The van der Waals surface area contributed by atoms with Gasteiger partial charge in [-0.1, -0.05) is 53.7 Å². The molecule has 0 saturated carbocycles. The highest BCUT2D eigenvalue weighted by atomic mass is 32.2. The highest BCUT2D eigenvalue weighted by Gasteiger charge is 2.12. The molecule has 2 heterocycles. The second-order valence-electron chi connectivity index (χ2n) is 6.68. The first-order chi connectivity index (χ1) is 13.1. The topological polar surface area (TPSA) is 46.8 Å². The van der Waals surface area contributed by atoms with Crippen LogP contribution >= 0.6 is 11.8 Å². The lowest BCUT2D eigenvalue weighted by atomic mass is 10.1. The smallest absolute Gasteiger partial charge is 0.191 e. The van der Waals surface area contributed by atoms with Crippen LogP contribution in [0.15, 0.2) is 65.6 Å². The highest BCUT2D eigenvalue weighted by molar-refractivity contribution is 7.98. The highest BCUT2D eigenvalue weighted by Crippen LogP contribution is 2.21. The normalized spacial score (nSPS) is 11.9. The van der Waals surface area contributed by atoms with Gasteiger partial charge in [-0.25, -0.2) is 0 Å². The number of hydrogen-bond acceptors (Lipinski definition) is 5. The zero-order chi connectivity index (χ0) is 19.1. The molecule has 0 fully saturated rings. The van der Waals surface area contributed by atoms with E-state index in [1.807, 2.05) is 37.6 Å². The minimum atomic E-state index is 0.763. The first-order valence-electron chi connectivity index (χ1n) is 8.92. The van der Waals surface area contributed by atoms with Gasteiger partial charge in [-0.3, -0.25) is 9.88 Å². The first kappa shape index (κ1) is 19.3. The summed E-state index contributed by atoms with van der Waals surface area (Å²) in [6.45, 7) is 3.82. The molecular formula is C21H25N5S. The third kappa shape index (κ3) is 5.77. The minimum Gasteiger partial charge on any atom is -0.308 e. The van der Waals surface area contributed by atoms with Crippen LogP contribution in [0.4, 0.5) is 0 Å². The molecule has 0 atom stereocenters. The Morgan fingerprint density at radius 2 is 1.85 bits per heavy atom. The van der Waals surface area contributed by atoms with Gasteiger partial charge in [-0.2, -0.15) is 0 Å². The maximum Gasteiger partial charge on any atom is 0.191 e. The number of pyridine rings is 1. The third-order valence-corrected chi connectivity index (χ3v) is 5.28. The Morgan fingerprint density at radius 1 is 1.11 bits per heavy atom. The summed E-state index contributed by atoms with van der Waals surface area (Å²) >= 11 is 1.70. The summed E-state index contributed by atoms with van der Waals surface area (Å²) in [5.41, 5.74) is 3.79. The van der Waals surface area contributed by atoms with Crippen LogP contribution < -0.4 is 0 Å². The quantitative estimate of drug-likeness (QED) is 0.553. The number of hydrogen-bond donors (Lipinski definition) is 0. The van der Waals surface area contributed by atoms with Gasteiger partial charge in [0.05, 0.1) is 6.54 Å². The van der Waals surface area contributed by atoms with Gasteiger partial charge in [-0.05, 0) is 37.2 Å². The average molecular weight is 380 g/mol. The summed E-state index contributed by atoms with van der Waals surface area (Å²) in [4.78, 5) is 6.31. The fourth-order valence-electron chi connectivity index (χ4n) is 2.84. The average Bonchev–Trinajstić information content (AvgIpc) is 3.01. The molecule has 3 aromatic rings. The summed E-state index contributed by atoms with van der Waals surface area (Å²) in [5, 5.41) is 9.66. The van der Waals surface area contributed by atoms with Crippen LogP contribution in [0.5, 0.6) is 0 Å². The van der Waals surface area contributed by atoms with Crippen molar-refractivity contribution in [2.75, 3.05) is 13.6 Å². The largest absolute Gasteiger partial charge is 0.308 e. The van der Waals surface area contributed by atoms with Crippen molar-refractivity contribution in [3.8, 4) is 0 Å². The Balaban J connectivity index is 1.56. The predicted molar refractivity (Wildman–Crippen MR) is 111 cm³/mol. The summed E-state index contributed by atoms with van der Waals surface area (Å²) < 4.78 is 2.08. The summed E-state index contributed by atoms with van der Waals surface area (Å²) in [5.74, 6) is 1.84. The monoisotopic (exact) mass is 379 g/mol. The maximum atomic E-state index is 4.38. The maximum absolute atomic E-state index is 4.38. The predicted octanol–water partition coefficient (Wildman–Crippen LogP) is 4.04. The van der Waals surface area contributed by atoms with Gasteiger partial charge in [-0.15, -0.1) is 10.2 Å². The van der Waals surface area contributed by atoms with Crippen LogP contribution in [0.25, 0.3) is 6.08 Å². The lowest BCUT2D eigenvalue weighted by Gasteiger charge is -2.16. The van der Waals surface area contributed by atoms with E-state index in [0.29, 0.717) is 0 Å². The van der Waals surface area contributed by atoms with Gasteiger partial charge in [0.2, 0.25) is 0 Å². The number of nitrogens with zero attached hydrogens (tertiary/aromatic N) is 5. The fourth-order valence-corrected chi connectivity index (χ4v) is 3.72. The van der Waals surface area contributed by atoms with E-state index in [0.717, 1.165) is 29.8 Å². The van der Waals surface area contributed by atoms with Crippen molar-refractivity contribution in [3.05, 3.63) is 77.4 Å². The Bertz CT molecular complexity index is 874. The van der Waals surface area contributed by atoms with E-state index in [4.69, 9.17) is 0 Å². The number of rotatable bonds is 8. The molecule has 27 heavy (non-hydrogen) atoms. The van der Waals surface area contributed by atoms with E-state index in [1.165, 1.54) is 16.7 Å². The van der Waals surface area contributed by atoms with Crippen LogP contribution in [0, 0.1) is 0 Å². The third-order valence-electron chi connectivity index (χ3n) is 4.19. The van der Waals surface area contributed by atoms with E-state index in [2.05, 4.69) is 69.0 Å².